The molecule has 138 valence electrons. The predicted molar refractivity (Wildman–Crippen MR) is 116 cm³/mol. The Morgan fingerprint density at radius 2 is 1.31 bits per heavy atom. The van der Waals surface area contributed by atoms with Crippen molar-refractivity contribution in [2.24, 2.45) is 5.92 Å². The average Bonchev–Trinajstić information content (AvgIpc) is 2.58. The van der Waals surface area contributed by atoms with E-state index in [2.05, 4.69) is 6.92 Å². The fourth-order valence-electron chi connectivity index (χ4n) is 2.96. The summed E-state index contributed by atoms with van der Waals surface area (Å²) in [6.07, 6.45) is 5.75. The van der Waals surface area contributed by atoms with Gasteiger partial charge in [-0.2, -0.15) is 0 Å². The van der Waals surface area contributed by atoms with E-state index in [-0.39, 0.29) is 36.5 Å². The van der Waals surface area contributed by atoms with Crippen molar-refractivity contribution in [1.82, 2.24) is 0 Å². The van der Waals surface area contributed by atoms with Crippen molar-refractivity contribution in [2.75, 3.05) is 11.5 Å². The van der Waals surface area contributed by atoms with E-state index in [1.807, 2.05) is 60.7 Å². The lowest BCUT2D eigenvalue weighted by Gasteiger charge is -2.23. The smallest absolute Gasteiger partial charge is 0.185 e. The Bertz CT molecular complexity index is 809. The molecule has 0 radical (unpaired) electrons. The van der Waals surface area contributed by atoms with E-state index >= 15 is 0 Å². The van der Waals surface area contributed by atoms with Crippen LogP contribution in [-0.2, 0) is 4.79 Å². The van der Waals surface area contributed by atoms with Crippen LogP contribution in [0, 0.1) is 5.92 Å². The summed E-state index contributed by atoms with van der Waals surface area (Å²) in [5, 5.41) is 0. The molecule has 0 spiro atoms. The second kappa shape index (κ2) is 9.46. The number of ketones is 1. The molecule has 1 unspecified atom stereocenters. The number of nitrogen functional groups attached to an aromatic ring is 2. The molecule has 3 rings (SSSR count). The fraction of sp³-hybridized carbons (Fsp3) is 0.190. The van der Waals surface area contributed by atoms with Gasteiger partial charge in [0, 0.05) is 22.5 Å². The van der Waals surface area contributed by atoms with Crippen LogP contribution in [-0.4, -0.2) is 5.78 Å². The van der Waals surface area contributed by atoms with Crippen molar-refractivity contribution in [3.8, 4) is 0 Å². The van der Waals surface area contributed by atoms with E-state index < -0.39 is 0 Å². The lowest BCUT2D eigenvalue weighted by Crippen LogP contribution is -2.19. The van der Waals surface area contributed by atoms with Gasteiger partial charge < -0.3 is 11.5 Å². The third-order valence-corrected chi connectivity index (χ3v) is 4.47. The van der Waals surface area contributed by atoms with Gasteiger partial charge in [0.25, 0.3) is 0 Å². The van der Waals surface area contributed by atoms with Crippen molar-refractivity contribution < 1.29 is 4.79 Å². The molecule has 2 aromatic rings. The summed E-state index contributed by atoms with van der Waals surface area (Å²) in [5.74, 6) is 0.404. The first-order valence-corrected chi connectivity index (χ1v) is 8.21. The van der Waals surface area contributed by atoms with E-state index in [0.717, 1.165) is 46.5 Å². The Hall–Kier alpha value is -2.23. The van der Waals surface area contributed by atoms with Gasteiger partial charge in [-0.3, -0.25) is 4.79 Å². The van der Waals surface area contributed by atoms with E-state index in [1.54, 1.807) is 0 Å². The van der Waals surface area contributed by atoms with Crippen LogP contribution in [0.5, 0.6) is 0 Å². The molecule has 0 heterocycles. The number of rotatable bonds is 2. The summed E-state index contributed by atoms with van der Waals surface area (Å²) in [7, 11) is 0. The molecule has 26 heavy (non-hydrogen) atoms. The minimum absolute atomic E-state index is 0. The molecule has 0 aliphatic heterocycles. The number of hydrogen-bond donors (Lipinski definition) is 2. The maximum Gasteiger partial charge on any atom is 0.185 e. The Kier molecular flexibility index (Phi) is 7.94. The Morgan fingerprint density at radius 1 is 0.846 bits per heavy atom. The topological polar surface area (TPSA) is 69.1 Å². The van der Waals surface area contributed by atoms with Gasteiger partial charge in [-0.15, -0.1) is 24.8 Å². The number of halogens is 2. The SMILES string of the molecule is CC1CC/C(=C/c2ccc(N)cc2)C(=O)/C1=C/c1ccc(N)cc1.Cl.Cl. The molecule has 0 saturated heterocycles. The van der Waals surface area contributed by atoms with Crippen LogP contribution >= 0.6 is 24.8 Å². The maximum absolute atomic E-state index is 12.9. The Morgan fingerprint density at radius 3 is 1.81 bits per heavy atom. The highest BCUT2D eigenvalue weighted by atomic mass is 35.5. The van der Waals surface area contributed by atoms with Crippen LogP contribution in [0.3, 0.4) is 0 Å². The summed E-state index contributed by atoms with van der Waals surface area (Å²) in [6.45, 7) is 2.11. The van der Waals surface area contributed by atoms with Gasteiger partial charge >= 0.3 is 0 Å². The third-order valence-electron chi connectivity index (χ3n) is 4.47. The monoisotopic (exact) mass is 390 g/mol. The molecule has 1 aliphatic carbocycles. The van der Waals surface area contributed by atoms with Crippen molar-refractivity contribution in [1.29, 1.82) is 0 Å². The predicted octanol–water partition coefficient (Wildman–Crippen LogP) is 5.16. The van der Waals surface area contributed by atoms with Crippen molar-refractivity contribution in [2.45, 2.75) is 19.8 Å². The van der Waals surface area contributed by atoms with Crippen LogP contribution in [0.15, 0.2) is 59.7 Å². The van der Waals surface area contributed by atoms with E-state index in [9.17, 15) is 4.79 Å². The average molecular weight is 391 g/mol. The zero-order chi connectivity index (χ0) is 17.1. The zero-order valence-electron chi connectivity index (χ0n) is 14.6. The molecule has 0 amide bonds. The number of allylic oxidation sites excluding steroid dienone is 2. The molecular formula is C21H24Cl2N2O. The van der Waals surface area contributed by atoms with Crippen molar-refractivity contribution >= 4 is 54.1 Å². The number of nitrogens with two attached hydrogens (primary N) is 2. The molecular weight excluding hydrogens is 367 g/mol. The van der Waals surface area contributed by atoms with Crippen LogP contribution < -0.4 is 11.5 Å². The highest BCUT2D eigenvalue weighted by molar-refractivity contribution is 6.14. The van der Waals surface area contributed by atoms with Gasteiger partial charge in [0.05, 0.1) is 0 Å². The van der Waals surface area contributed by atoms with Gasteiger partial charge in [0.2, 0.25) is 0 Å². The van der Waals surface area contributed by atoms with Gasteiger partial charge in [-0.05, 0) is 66.3 Å². The molecule has 5 heteroatoms. The number of carbonyl (C=O) groups excluding carboxylic acids is 1. The molecule has 0 bridgehead atoms. The fourth-order valence-corrected chi connectivity index (χ4v) is 2.96. The van der Waals surface area contributed by atoms with Gasteiger partial charge in [0.15, 0.2) is 5.78 Å². The quantitative estimate of drug-likeness (QED) is 0.549. The van der Waals surface area contributed by atoms with Gasteiger partial charge in [-0.1, -0.05) is 31.2 Å². The summed E-state index contributed by atoms with van der Waals surface area (Å²) in [6, 6.07) is 15.2. The number of hydrogen-bond acceptors (Lipinski definition) is 3. The summed E-state index contributed by atoms with van der Waals surface area (Å²) in [5.41, 5.74) is 16.6. The number of carbonyl (C=O) groups is 1. The molecule has 3 nitrogen and oxygen atoms in total. The lowest BCUT2D eigenvalue weighted by molar-refractivity contribution is -0.113. The van der Waals surface area contributed by atoms with E-state index in [1.165, 1.54) is 0 Å². The van der Waals surface area contributed by atoms with E-state index in [0.29, 0.717) is 0 Å². The molecule has 4 N–H and O–H groups in total. The first-order chi connectivity index (χ1) is 11.5. The second-order valence-corrected chi connectivity index (χ2v) is 6.37. The molecule has 2 aromatic carbocycles. The second-order valence-electron chi connectivity index (χ2n) is 6.37. The standard InChI is InChI=1S/C21H22N2O.2ClH/c1-14-2-7-17(12-15-3-8-18(22)9-4-15)21(24)20(14)13-16-5-10-19(23)11-6-16;;/h3-6,8-14H,2,7,22-23H2,1H3;2*1H/b17-12-,20-13+;;. The normalized spacial score (nSPS) is 19.7. The lowest BCUT2D eigenvalue weighted by atomic mass is 9.80. The largest absolute Gasteiger partial charge is 0.399 e. The number of benzene rings is 2. The summed E-state index contributed by atoms with van der Waals surface area (Å²) < 4.78 is 0. The molecule has 1 atom stereocenters. The first-order valence-electron chi connectivity index (χ1n) is 8.21. The molecule has 1 saturated carbocycles. The highest BCUT2D eigenvalue weighted by Gasteiger charge is 2.26. The minimum atomic E-state index is 0. The Labute approximate surface area is 167 Å². The molecule has 0 aromatic heterocycles. The van der Waals surface area contributed by atoms with Gasteiger partial charge in [0.1, 0.15) is 0 Å². The van der Waals surface area contributed by atoms with Crippen LogP contribution in [0.4, 0.5) is 11.4 Å². The summed E-state index contributed by atoms with van der Waals surface area (Å²) >= 11 is 0. The number of anilines is 2. The summed E-state index contributed by atoms with van der Waals surface area (Å²) in [4.78, 5) is 12.9. The maximum atomic E-state index is 12.9. The minimum Gasteiger partial charge on any atom is -0.399 e. The van der Waals surface area contributed by atoms with Crippen molar-refractivity contribution in [3.63, 3.8) is 0 Å². The van der Waals surface area contributed by atoms with Crippen LogP contribution in [0.1, 0.15) is 30.9 Å². The first kappa shape index (κ1) is 21.8. The zero-order valence-corrected chi connectivity index (χ0v) is 16.3. The van der Waals surface area contributed by atoms with Crippen molar-refractivity contribution in [3.05, 3.63) is 70.8 Å². The highest BCUT2D eigenvalue weighted by Crippen LogP contribution is 2.32. The Balaban J connectivity index is 0.00000169. The van der Waals surface area contributed by atoms with Crippen LogP contribution in [0.25, 0.3) is 12.2 Å². The van der Waals surface area contributed by atoms with Crippen LogP contribution in [0.2, 0.25) is 0 Å². The number of Topliss-reactive ketones (excluding diaryl/α,β-unsaturated/α-hetero) is 1. The van der Waals surface area contributed by atoms with E-state index in [4.69, 9.17) is 11.5 Å². The molecule has 1 aliphatic rings. The van der Waals surface area contributed by atoms with Gasteiger partial charge in [-0.25, -0.2) is 0 Å². The third kappa shape index (κ3) is 5.13. The molecule has 1 fully saturated rings.